The molecule has 0 unspecified atom stereocenters. The van der Waals surface area contributed by atoms with E-state index in [1.807, 2.05) is 42.7 Å². The highest BCUT2D eigenvalue weighted by molar-refractivity contribution is 7.91. The summed E-state index contributed by atoms with van der Waals surface area (Å²) in [5.41, 5.74) is 2.69. The summed E-state index contributed by atoms with van der Waals surface area (Å²) in [7, 11) is -2.39. The van der Waals surface area contributed by atoms with E-state index in [1.54, 1.807) is 38.3 Å². The third kappa shape index (κ3) is 8.49. The molecule has 2 aliphatic carbocycles. The topological polar surface area (TPSA) is 193 Å². The first-order chi connectivity index (χ1) is 29.6. The second-order valence-corrected chi connectivity index (χ2v) is 20.7. The van der Waals surface area contributed by atoms with E-state index in [0.29, 0.717) is 53.2 Å². The quantitative estimate of drug-likeness (QED) is 0.141. The molecule has 16 heteroatoms. The average molecular weight is 880 g/mol. The molecule has 5 atom stereocenters. The number of fused-ring (bicyclic) bond motifs is 3. The minimum Gasteiger partial charge on any atom is -0.496 e. The second-order valence-electron chi connectivity index (χ2n) is 17.6. The average Bonchev–Trinajstić information content (AvgIpc) is 4.02. The minimum absolute atomic E-state index is 0.0563. The van der Waals surface area contributed by atoms with Gasteiger partial charge in [-0.3, -0.25) is 19.1 Å². The number of amides is 3. The Bertz CT molecular complexity index is 2580. The van der Waals surface area contributed by atoms with Crippen LogP contribution in [0.2, 0.25) is 0 Å². The fourth-order valence-electron chi connectivity index (χ4n) is 8.44. The van der Waals surface area contributed by atoms with Crippen LogP contribution >= 0.6 is 11.3 Å². The molecule has 3 N–H and O–H groups in total. The number of ether oxygens (including phenoxy) is 2. The molecule has 326 valence electrons. The van der Waals surface area contributed by atoms with Gasteiger partial charge in [-0.15, -0.1) is 11.3 Å². The van der Waals surface area contributed by atoms with Crippen LogP contribution in [0, 0.1) is 24.2 Å². The molecule has 2 aromatic heterocycles. The van der Waals surface area contributed by atoms with E-state index in [4.69, 9.17) is 19.4 Å². The van der Waals surface area contributed by atoms with Crippen LogP contribution in [0.1, 0.15) is 101 Å². The lowest BCUT2D eigenvalue weighted by Crippen LogP contribution is -2.58. The van der Waals surface area contributed by atoms with E-state index in [1.165, 1.54) is 16.2 Å². The monoisotopic (exact) mass is 879 g/mol. The first-order valence-corrected chi connectivity index (χ1v) is 23.7. The van der Waals surface area contributed by atoms with Crippen molar-refractivity contribution in [2.24, 2.45) is 5.92 Å². The van der Waals surface area contributed by atoms with E-state index in [9.17, 15) is 28.1 Å². The Morgan fingerprint density at radius 3 is 2.55 bits per heavy atom. The zero-order chi connectivity index (χ0) is 44.0. The van der Waals surface area contributed by atoms with Crippen LogP contribution in [0.15, 0.2) is 60.0 Å². The van der Waals surface area contributed by atoms with Gasteiger partial charge in [0.2, 0.25) is 21.8 Å². The summed E-state index contributed by atoms with van der Waals surface area (Å²) in [6, 6.07) is 12.8. The summed E-state index contributed by atoms with van der Waals surface area (Å²) in [6.45, 7) is 7.76. The van der Waals surface area contributed by atoms with Crippen molar-refractivity contribution in [3.63, 3.8) is 0 Å². The van der Waals surface area contributed by atoms with Gasteiger partial charge in [-0.2, -0.15) is 5.26 Å². The highest BCUT2D eigenvalue weighted by atomic mass is 32.2. The van der Waals surface area contributed by atoms with Gasteiger partial charge in [-0.1, -0.05) is 38.8 Å². The van der Waals surface area contributed by atoms with Crippen molar-refractivity contribution >= 4 is 55.7 Å². The number of hydrogen-bond donors (Lipinski definition) is 3. The normalized spacial score (nSPS) is 25.3. The summed E-state index contributed by atoms with van der Waals surface area (Å²) in [4.78, 5) is 55.2. The Morgan fingerprint density at radius 1 is 1.08 bits per heavy atom. The number of pyridine rings is 1. The lowest BCUT2D eigenvalue weighted by atomic mass is 10.0. The van der Waals surface area contributed by atoms with Gasteiger partial charge in [0.05, 0.1) is 41.2 Å². The van der Waals surface area contributed by atoms with Crippen molar-refractivity contribution in [1.29, 1.82) is 5.26 Å². The fraction of sp³-hybridized carbons (Fsp3) is 0.478. The third-order valence-corrected chi connectivity index (χ3v) is 15.9. The molecule has 1 saturated heterocycles. The molecular weight excluding hydrogens is 827 g/mol. The molecule has 3 fully saturated rings. The maximum atomic E-state index is 14.9. The van der Waals surface area contributed by atoms with Gasteiger partial charge in [0.1, 0.15) is 45.9 Å². The number of aromatic nitrogens is 2. The highest BCUT2D eigenvalue weighted by Gasteiger charge is 2.63. The highest BCUT2D eigenvalue weighted by Crippen LogP contribution is 2.48. The summed E-state index contributed by atoms with van der Waals surface area (Å²) in [5, 5.41) is 19.2. The second kappa shape index (κ2) is 17.0. The number of anilines is 1. The van der Waals surface area contributed by atoms with Gasteiger partial charge in [-0.25, -0.2) is 18.4 Å². The molecule has 4 heterocycles. The fourth-order valence-corrected chi connectivity index (χ4v) is 10.7. The predicted molar refractivity (Wildman–Crippen MR) is 237 cm³/mol. The van der Waals surface area contributed by atoms with Crippen LogP contribution in [0.25, 0.3) is 21.6 Å². The summed E-state index contributed by atoms with van der Waals surface area (Å²) >= 11 is 1.49. The van der Waals surface area contributed by atoms with Crippen LogP contribution in [-0.2, 0) is 24.4 Å². The molecule has 4 aliphatic rings. The largest absolute Gasteiger partial charge is 0.496 e. The van der Waals surface area contributed by atoms with Gasteiger partial charge in [-0.05, 0) is 94.7 Å². The Kier molecular flexibility index (Phi) is 11.8. The number of methoxy groups -OCH3 is 1. The molecule has 3 amide bonds. The molecule has 4 aromatic rings. The van der Waals surface area contributed by atoms with E-state index in [2.05, 4.69) is 35.3 Å². The molecule has 0 radical (unpaired) electrons. The van der Waals surface area contributed by atoms with Crippen molar-refractivity contribution in [1.82, 2.24) is 24.9 Å². The van der Waals surface area contributed by atoms with Crippen molar-refractivity contribution in [3.05, 3.63) is 76.8 Å². The smallest absolute Gasteiger partial charge is 0.259 e. The van der Waals surface area contributed by atoms with Gasteiger partial charge in [0.15, 0.2) is 0 Å². The number of allylic oxidation sites excluding steroid dienone is 1. The van der Waals surface area contributed by atoms with E-state index in [-0.39, 0.29) is 31.2 Å². The number of benzene rings is 2. The lowest BCUT2D eigenvalue weighted by Gasteiger charge is -2.30. The van der Waals surface area contributed by atoms with Crippen molar-refractivity contribution < 1.29 is 32.3 Å². The number of nitrogens with one attached hydrogen (secondary N) is 3. The first kappa shape index (κ1) is 43.1. The number of nitrogens with zero attached hydrogens (tertiary/aromatic N) is 4. The van der Waals surface area contributed by atoms with Crippen LogP contribution in [0.5, 0.6) is 11.5 Å². The summed E-state index contributed by atoms with van der Waals surface area (Å²) < 4.78 is 40.4. The van der Waals surface area contributed by atoms with Gasteiger partial charge < -0.3 is 25.0 Å². The zero-order valence-electron chi connectivity index (χ0n) is 35.7. The van der Waals surface area contributed by atoms with Crippen LogP contribution < -0.4 is 24.8 Å². The summed E-state index contributed by atoms with van der Waals surface area (Å²) in [5.74, 6) is -0.685. The van der Waals surface area contributed by atoms with E-state index < -0.39 is 56.2 Å². The number of sulfonamides is 1. The Hall–Kier alpha value is -5.53. The zero-order valence-corrected chi connectivity index (χ0v) is 37.3. The van der Waals surface area contributed by atoms with Gasteiger partial charge in [0, 0.05) is 40.4 Å². The molecule has 14 nitrogen and oxygen atoms in total. The number of rotatable bonds is 10. The SMILES string of the molecule is COc1ccc2c(O[C@@H]3C[C@H]4C(=O)N[C@]5(C(=O)NS(=O)(=O)C6(C)CC6)C[C@H]5/C=C\CCCCC[C@H](Nc5ccc(C#N)cc5)C(=O)N4C3)cc(-c3nc(C(C)C)cs3)nc2c1C. The molecule has 0 bridgehead atoms. The molecular formula is C46H53N7O7S2. The number of hydrogen-bond acceptors (Lipinski definition) is 12. The maximum Gasteiger partial charge on any atom is 0.259 e. The standard InChI is InChI=1S/C46H53N7O7S2/c1-27(2)36-26-61-42(50-36)35-22-39(33-17-18-38(59-5)28(3)40(33)49-35)60-32-21-37-41(54)51-46(44(56)52-62(57,58)45(4)19-20-45)23-30(46)11-9-7-6-8-10-12-34(43(55)53(37)25-32)48-31-15-13-29(24-47)14-16-31/h9,11,13-18,22,26-27,30,32,34,37,48H,6-8,10,12,19-21,23,25H2,1-5H3,(H,51,54)(H,52,56)/b11-9-/t30-,32-,34+,37+,46-/m1/s1. The minimum atomic E-state index is -4.00. The number of thiazole rings is 1. The Balaban J connectivity index is 1.15. The predicted octanol–water partition coefficient (Wildman–Crippen LogP) is 6.89. The molecule has 2 aromatic carbocycles. The van der Waals surface area contributed by atoms with Crippen molar-refractivity contribution in [2.45, 2.75) is 120 Å². The Labute approximate surface area is 366 Å². The number of nitriles is 1. The van der Waals surface area contributed by atoms with Gasteiger partial charge in [0.25, 0.3) is 5.91 Å². The summed E-state index contributed by atoms with van der Waals surface area (Å²) in [6.07, 6.45) is 8.06. The number of carbonyl (C=O) groups is 3. The third-order valence-electron chi connectivity index (χ3n) is 12.8. The maximum absolute atomic E-state index is 14.9. The van der Waals surface area contributed by atoms with Crippen LogP contribution in [0.3, 0.4) is 0 Å². The van der Waals surface area contributed by atoms with E-state index >= 15 is 0 Å². The van der Waals surface area contributed by atoms with Gasteiger partial charge >= 0.3 is 0 Å². The molecule has 2 saturated carbocycles. The Morgan fingerprint density at radius 2 is 1.85 bits per heavy atom. The van der Waals surface area contributed by atoms with E-state index in [0.717, 1.165) is 47.3 Å². The van der Waals surface area contributed by atoms with Crippen LogP contribution in [0.4, 0.5) is 5.69 Å². The van der Waals surface area contributed by atoms with Crippen LogP contribution in [-0.4, -0.2) is 83.1 Å². The molecule has 2 aliphatic heterocycles. The lowest BCUT2D eigenvalue weighted by molar-refractivity contribution is -0.140. The molecule has 0 spiro atoms. The number of carbonyl (C=O) groups excluding carboxylic acids is 3. The first-order valence-electron chi connectivity index (χ1n) is 21.4. The van der Waals surface area contributed by atoms with Crippen molar-refractivity contribution in [3.8, 4) is 28.3 Å². The molecule has 62 heavy (non-hydrogen) atoms. The number of aryl methyl sites for hydroxylation is 1. The van der Waals surface area contributed by atoms with Crippen molar-refractivity contribution in [2.75, 3.05) is 19.0 Å². The molecule has 8 rings (SSSR count).